The summed E-state index contributed by atoms with van der Waals surface area (Å²) in [6.45, 7) is 4.09. The zero-order valence-corrected chi connectivity index (χ0v) is 34.6. The Labute approximate surface area is 318 Å². The summed E-state index contributed by atoms with van der Waals surface area (Å²) < 4.78 is 33.6. The van der Waals surface area contributed by atoms with Gasteiger partial charge in [0.25, 0.3) is 7.82 Å². The summed E-state index contributed by atoms with van der Waals surface area (Å²) >= 11 is 0. The third-order valence-corrected chi connectivity index (χ3v) is 9.32. The van der Waals surface area contributed by atoms with Crippen molar-refractivity contribution in [1.29, 1.82) is 0 Å². The number of allylic oxidation sites excluding steroid dienone is 8. The molecule has 2 atom stereocenters. The average Bonchev–Trinajstić information content (AvgIpc) is 3.09. The minimum atomic E-state index is -4.62. The Morgan fingerprint density at radius 1 is 0.596 bits per heavy atom. The molecule has 9 nitrogen and oxygen atoms in total. The molecule has 0 aliphatic rings. The predicted molar refractivity (Wildman–Crippen MR) is 213 cm³/mol. The lowest BCUT2D eigenvalue weighted by Crippen LogP contribution is -2.37. The maximum Gasteiger partial charge on any atom is 0.306 e. The SMILES string of the molecule is CCCCCCCCC/C=C/C/C=C/C/C=C/C/C=C/CCCC(=O)OC[C@@H](COP(=O)([O-])OCC[N+](C)(C)C)OC(=O)CCCCCCCCC. The number of hydrogen-bond acceptors (Lipinski definition) is 8. The fraction of sp³-hybridized carbons (Fsp3) is 0.762. The van der Waals surface area contributed by atoms with Crippen LogP contribution in [0, 0.1) is 0 Å². The molecule has 0 fully saturated rings. The fourth-order valence-electron chi connectivity index (χ4n) is 5.12. The molecule has 0 radical (unpaired) electrons. The lowest BCUT2D eigenvalue weighted by molar-refractivity contribution is -0.870. The zero-order valence-electron chi connectivity index (χ0n) is 33.7. The van der Waals surface area contributed by atoms with Gasteiger partial charge in [0.15, 0.2) is 6.10 Å². The van der Waals surface area contributed by atoms with E-state index < -0.39 is 32.5 Å². The summed E-state index contributed by atoms with van der Waals surface area (Å²) in [5.74, 6) is -0.910. The van der Waals surface area contributed by atoms with Crippen molar-refractivity contribution in [1.82, 2.24) is 0 Å². The van der Waals surface area contributed by atoms with E-state index in [1.54, 1.807) is 0 Å². The molecular formula is C42H76NO8P. The molecule has 0 aliphatic carbocycles. The number of ether oxygens (including phenoxy) is 2. The van der Waals surface area contributed by atoms with E-state index in [-0.39, 0.29) is 26.1 Å². The summed E-state index contributed by atoms with van der Waals surface area (Å²) in [5.41, 5.74) is 0. The lowest BCUT2D eigenvalue weighted by atomic mass is 10.1. The lowest BCUT2D eigenvalue weighted by Gasteiger charge is -2.28. The van der Waals surface area contributed by atoms with Gasteiger partial charge in [-0.3, -0.25) is 14.2 Å². The van der Waals surface area contributed by atoms with Crippen molar-refractivity contribution in [2.75, 3.05) is 47.5 Å². The maximum absolute atomic E-state index is 12.5. The van der Waals surface area contributed by atoms with E-state index in [4.69, 9.17) is 18.5 Å². The van der Waals surface area contributed by atoms with Crippen LogP contribution in [0.3, 0.4) is 0 Å². The van der Waals surface area contributed by atoms with Crippen LogP contribution in [0.15, 0.2) is 48.6 Å². The van der Waals surface area contributed by atoms with Crippen LogP contribution in [-0.4, -0.2) is 70.0 Å². The van der Waals surface area contributed by atoms with Crippen LogP contribution in [0.2, 0.25) is 0 Å². The normalized spacial score (nSPS) is 14.2. The fourth-order valence-corrected chi connectivity index (χ4v) is 5.84. The summed E-state index contributed by atoms with van der Waals surface area (Å²) in [7, 11) is 1.13. The highest BCUT2D eigenvalue weighted by Gasteiger charge is 2.21. The van der Waals surface area contributed by atoms with E-state index in [2.05, 4.69) is 62.5 Å². The van der Waals surface area contributed by atoms with E-state index in [0.29, 0.717) is 23.9 Å². The Morgan fingerprint density at radius 2 is 1.06 bits per heavy atom. The Bertz CT molecular complexity index is 1030. The van der Waals surface area contributed by atoms with Crippen molar-refractivity contribution in [2.45, 2.75) is 161 Å². The van der Waals surface area contributed by atoms with E-state index in [0.717, 1.165) is 44.9 Å². The van der Waals surface area contributed by atoms with Gasteiger partial charge in [-0.15, -0.1) is 0 Å². The smallest absolute Gasteiger partial charge is 0.306 e. The summed E-state index contributed by atoms with van der Waals surface area (Å²) in [6.07, 6.45) is 38.9. The van der Waals surface area contributed by atoms with E-state index in [9.17, 15) is 19.0 Å². The van der Waals surface area contributed by atoms with Crippen LogP contribution in [0.1, 0.15) is 155 Å². The molecule has 0 aliphatic heterocycles. The Kier molecular flexibility index (Phi) is 33.4. The largest absolute Gasteiger partial charge is 0.756 e. The van der Waals surface area contributed by atoms with Gasteiger partial charge in [0.1, 0.15) is 19.8 Å². The Balaban J connectivity index is 4.36. The molecule has 0 aromatic carbocycles. The second-order valence-corrected chi connectivity index (χ2v) is 16.1. The first-order chi connectivity index (χ1) is 25.0. The van der Waals surface area contributed by atoms with Gasteiger partial charge >= 0.3 is 11.9 Å². The Morgan fingerprint density at radius 3 is 1.60 bits per heavy atom. The molecule has 0 heterocycles. The average molecular weight is 754 g/mol. The Hall–Kier alpha value is -2.03. The first-order valence-electron chi connectivity index (χ1n) is 20.3. The van der Waals surface area contributed by atoms with Crippen molar-refractivity contribution in [2.24, 2.45) is 0 Å². The van der Waals surface area contributed by atoms with Crippen LogP contribution in [-0.2, 0) is 32.7 Å². The molecule has 1 unspecified atom stereocenters. The van der Waals surface area contributed by atoms with Crippen molar-refractivity contribution < 1.29 is 42.1 Å². The van der Waals surface area contributed by atoms with Gasteiger partial charge in [-0.05, 0) is 51.4 Å². The number of nitrogens with zero attached hydrogens (tertiary/aromatic N) is 1. The van der Waals surface area contributed by atoms with E-state index in [1.807, 2.05) is 21.1 Å². The second-order valence-electron chi connectivity index (χ2n) is 14.7. The van der Waals surface area contributed by atoms with Gasteiger partial charge in [0.2, 0.25) is 0 Å². The van der Waals surface area contributed by atoms with Gasteiger partial charge in [-0.2, -0.15) is 0 Å². The van der Waals surface area contributed by atoms with Crippen molar-refractivity contribution in [3.8, 4) is 0 Å². The predicted octanol–water partition coefficient (Wildman–Crippen LogP) is 10.5. The zero-order chi connectivity index (χ0) is 38.6. The topological polar surface area (TPSA) is 111 Å². The molecule has 10 heteroatoms. The first kappa shape index (κ1) is 50.0. The minimum absolute atomic E-state index is 0.0401. The number of esters is 2. The number of likely N-dealkylation sites (N-methyl/N-ethyl adjacent to an activating group) is 1. The maximum atomic E-state index is 12.5. The first-order valence-corrected chi connectivity index (χ1v) is 21.8. The third-order valence-electron chi connectivity index (χ3n) is 8.35. The van der Waals surface area contributed by atoms with Crippen molar-refractivity contribution in [3.05, 3.63) is 48.6 Å². The van der Waals surface area contributed by atoms with Crippen molar-refractivity contribution >= 4 is 19.8 Å². The molecule has 0 aromatic heterocycles. The molecule has 0 bridgehead atoms. The monoisotopic (exact) mass is 754 g/mol. The minimum Gasteiger partial charge on any atom is -0.756 e. The van der Waals surface area contributed by atoms with Crippen LogP contribution < -0.4 is 4.89 Å². The summed E-state index contributed by atoms with van der Waals surface area (Å²) in [5, 5.41) is 0. The van der Waals surface area contributed by atoms with Crippen LogP contribution in [0.5, 0.6) is 0 Å². The third kappa shape index (κ3) is 37.7. The number of carbonyl (C=O) groups is 2. The van der Waals surface area contributed by atoms with Gasteiger partial charge in [-0.25, -0.2) is 0 Å². The highest BCUT2D eigenvalue weighted by atomic mass is 31.2. The molecule has 0 amide bonds. The standard InChI is InChI=1S/C42H76NO8P/c1-6-8-10-12-14-15-16-17-18-19-20-21-22-23-24-25-26-27-29-30-32-34-41(44)48-38-40(39-50-52(46,47)49-37-36-43(3,4)5)51-42(45)35-33-31-28-13-11-9-7-2/h18-19,21-22,24-25,27,29,40H,6-17,20,23,26,28,30-39H2,1-5H3/b19-18+,22-21+,25-24+,29-27+/t40-/m0/s1. The molecule has 302 valence electrons. The van der Waals surface area contributed by atoms with Crippen molar-refractivity contribution in [3.63, 3.8) is 0 Å². The number of quaternary nitrogens is 1. The van der Waals surface area contributed by atoms with Gasteiger partial charge in [0.05, 0.1) is 27.7 Å². The summed E-state index contributed by atoms with van der Waals surface area (Å²) in [4.78, 5) is 37.2. The molecule has 52 heavy (non-hydrogen) atoms. The molecule has 0 saturated carbocycles. The molecule has 0 N–H and O–H groups in total. The number of phosphoric ester groups is 1. The number of rotatable bonds is 36. The van der Waals surface area contributed by atoms with Crippen LogP contribution in [0.4, 0.5) is 0 Å². The molecule has 0 aromatic rings. The molecule has 0 rings (SSSR count). The van der Waals surface area contributed by atoms with Gasteiger partial charge in [0, 0.05) is 12.8 Å². The van der Waals surface area contributed by atoms with E-state index in [1.165, 1.54) is 70.6 Å². The molecule has 0 spiro atoms. The second kappa shape index (κ2) is 34.7. The van der Waals surface area contributed by atoms with E-state index >= 15 is 0 Å². The quantitative estimate of drug-likeness (QED) is 0.0204. The number of unbranched alkanes of at least 4 members (excludes halogenated alkanes) is 14. The highest BCUT2D eigenvalue weighted by molar-refractivity contribution is 7.45. The number of hydrogen-bond donors (Lipinski definition) is 0. The van der Waals surface area contributed by atoms with Crippen LogP contribution in [0.25, 0.3) is 0 Å². The van der Waals surface area contributed by atoms with Crippen LogP contribution >= 0.6 is 7.82 Å². The number of carbonyl (C=O) groups excluding carboxylic acids is 2. The highest BCUT2D eigenvalue weighted by Crippen LogP contribution is 2.38. The molecule has 0 saturated heterocycles. The van der Waals surface area contributed by atoms with Gasteiger partial charge < -0.3 is 27.9 Å². The number of phosphoric acid groups is 1. The summed E-state index contributed by atoms with van der Waals surface area (Å²) in [6, 6.07) is 0. The van der Waals surface area contributed by atoms with Gasteiger partial charge in [-0.1, -0.05) is 140 Å². The molecular weight excluding hydrogens is 677 g/mol.